The molecule has 1 saturated heterocycles. The molecule has 0 radical (unpaired) electrons. The lowest BCUT2D eigenvalue weighted by atomic mass is 9.91. The molecule has 1 aromatic carbocycles. The Morgan fingerprint density at radius 2 is 2.05 bits per heavy atom. The van der Waals surface area contributed by atoms with Gasteiger partial charge in [-0.25, -0.2) is 0 Å². The second kappa shape index (κ2) is 7.88. The Bertz CT molecular complexity index is 347. The van der Waals surface area contributed by atoms with Crippen molar-refractivity contribution in [2.45, 2.75) is 44.3 Å². The van der Waals surface area contributed by atoms with Gasteiger partial charge in [0.15, 0.2) is 0 Å². The van der Waals surface area contributed by atoms with E-state index in [-0.39, 0.29) is 5.60 Å². The number of ether oxygens (including phenoxy) is 2. The highest BCUT2D eigenvalue weighted by Crippen LogP contribution is 2.30. The molecule has 1 atom stereocenters. The first-order chi connectivity index (χ1) is 9.35. The first-order valence-corrected chi connectivity index (χ1v) is 7.70. The van der Waals surface area contributed by atoms with Crippen molar-refractivity contribution in [2.24, 2.45) is 0 Å². The smallest absolute Gasteiger partial charge is 0.0818 e. The molecule has 0 N–H and O–H groups in total. The summed E-state index contributed by atoms with van der Waals surface area (Å²) in [5.41, 5.74) is 1.14. The Labute approximate surface area is 121 Å². The maximum absolute atomic E-state index is 6.08. The highest BCUT2D eigenvalue weighted by molar-refractivity contribution is 6.18. The van der Waals surface area contributed by atoms with Gasteiger partial charge in [-0.15, -0.1) is 11.6 Å². The van der Waals surface area contributed by atoms with Crippen molar-refractivity contribution in [3.8, 4) is 0 Å². The number of hydrogen-bond donors (Lipinski definition) is 0. The van der Waals surface area contributed by atoms with E-state index < -0.39 is 0 Å². The largest absolute Gasteiger partial charge is 0.377 e. The SMILES string of the molecule is ClCC1(CCCOCc2ccccc2)CCCCO1. The van der Waals surface area contributed by atoms with Gasteiger partial charge in [0.2, 0.25) is 0 Å². The number of alkyl halides is 1. The Morgan fingerprint density at radius 3 is 2.74 bits per heavy atom. The molecule has 106 valence electrons. The molecule has 2 rings (SSSR count). The number of hydrogen-bond acceptors (Lipinski definition) is 2. The van der Waals surface area contributed by atoms with Crippen LogP contribution in [0.4, 0.5) is 0 Å². The van der Waals surface area contributed by atoms with Crippen LogP contribution in [0.5, 0.6) is 0 Å². The highest BCUT2D eigenvalue weighted by atomic mass is 35.5. The zero-order valence-electron chi connectivity index (χ0n) is 11.4. The molecule has 0 spiro atoms. The minimum atomic E-state index is -0.0874. The van der Waals surface area contributed by atoms with Gasteiger partial charge in [0.1, 0.15) is 0 Å². The van der Waals surface area contributed by atoms with E-state index in [4.69, 9.17) is 21.1 Å². The Morgan fingerprint density at radius 1 is 1.21 bits per heavy atom. The van der Waals surface area contributed by atoms with Gasteiger partial charge >= 0.3 is 0 Å². The maximum Gasteiger partial charge on any atom is 0.0818 e. The van der Waals surface area contributed by atoms with Gasteiger partial charge in [-0.3, -0.25) is 0 Å². The van der Waals surface area contributed by atoms with Crippen molar-refractivity contribution in [1.29, 1.82) is 0 Å². The summed E-state index contributed by atoms with van der Waals surface area (Å²) in [4.78, 5) is 0. The van der Waals surface area contributed by atoms with Gasteiger partial charge in [0.05, 0.1) is 18.1 Å². The van der Waals surface area contributed by atoms with Crippen LogP contribution in [0.3, 0.4) is 0 Å². The molecule has 0 aromatic heterocycles. The standard InChI is InChI=1S/C16H23ClO2/c17-14-16(9-4-5-12-19-16)10-6-11-18-13-15-7-2-1-3-8-15/h1-3,7-8H,4-6,9-14H2. The molecule has 0 bridgehead atoms. The van der Waals surface area contributed by atoms with Crippen LogP contribution in [0.1, 0.15) is 37.7 Å². The van der Waals surface area contributed by atoms with Crippen molar-refractivity contribution in [3.63, 3.8) is 0 Å². The summed E-state index contributed by atoms with van der Waals surface area (Å²) in [5.74, 6) is 0.603. The first-order valence-electron chi connectivity index (χ1n) is 7.16. The van der Waals surface area contributed by atoms with Crippen LogP contribution in [-0.2, 0) is 16.1 Å². The van der Waals surface area contributed by atoms with Crippen molar-refractivity contribution >= 4 is 11.6 Å². The summed E-state index contributed by atoms with van der Waals surface area (Å²) < 4.78 is 11.6. The van der Waals surface area contributed by atoms with Crippen LogP contribution in [0, 0.1) is 0 Å². The average molecular weight is 283 g/mol. The normalized spacial score (nSPS) is 23.4. The third kappa shape index (κ3) is 4.79. The van der Waals surface area contributed by atoms with Crippen LogP contribution in [0.2, 0.25) is 0 Å². The van der Waals surface area contributed by atoms with E-state index in [1.807, 2.05) is 18.2 Å². The highest BCUT2D eigenvalue weighted by Gasteiger charge is 2.31. The van der Waals surface area contributed by atoms with Crippen LogP contribution in [0.25, 0.3) is 0 Å². The Hall–Kier alpha value is -0.570. The summed E-state index contributed by atoms with van der Waals surface area (Å²) in [6.07, 6.45) is 5.51. The molecule has 1 aliphatic heterocycles. The van der Waals surface area contributed by atoms with E-state index in [0.717, 1.165) is 32.5 Å². The van der Waals surface area contributed by atoms with Gasteiger partial charge < -0.3 is 9.47 Å². The predicted octanol–water partition coefficient (Wildman–Crippen LogP) is 4.16. The molecular formula is C16H23ClO2. The van der Waals surface area contributed by atoms with Crippen LogP contribution in [-0.4, -0.2) is 24.7 Å². The maximum atomic E-state index is 6.08. The molecule has 1 fully saturated rings. The van der Waals surface area contributed by atoms with Crippen LogP contribution in [0.15, 0.2) is 30.3 Å². The van der Waals surface area contributed by atoms with Crippen molar-refractivity contribution < 1.29 is 9.47 Å². The van der Waals surface area contributed by atoms with E-state index >= 15 is 0 Å². The third-order valence-electron chi connectivity index (χ3n) is 3.71. The minimum absolute atomic E-state index is 0.0874. The fourth-order valence-electron chi connectivity index (χ4n) is 2.54. The predicted molar refractivity (Wildman–Crippen MR) is 78.6 cm³/mol. The summed E-state index contributed by atoms with van der Waals surface area (Å²) >= 11 is 6.08. The number of rotatable bonds is 7. The van der Waals surface area contributed by atoms with E-state index in [0.29, 0.717) is 12.5 Å². The monoisotopic (exact) mass is 282 g/mol. The van der Waals surface area contributed by atoms with Gasteiger partial charge in [0, 0.05) is 13.2 Å². The summed E-state index contributed by atoms with van der Waals surface area (Å²) in [6, 6.07) is 10.3. The van der Waals surface area contributed by atoms with Crippen molar-refractivity contribution in [2.75, 3.05) is 19.1 Å². The molecule has 0 aliphatic carbocycles. The Balaban J connectivity index is 1.63. The van der Waals surface area contributed by atoms with Gasteiger partial charge in [-0.2, -0.15) is 0 Å². The molecular weight excluding hydrogens is 260 g/mol. The lowest BCUT2D eigenvalue weighted by Gasteiger charge is -2.35. The van der Waals surface area contributed by atoms with E-state index in [2.05, 4.69) is 12.1 Å². The quantitative estimate of drug-likeness (QED) is 0.552. The molecule has 3 heteroatoms. The lowest BCUT2D eigenvalue weighted by molar-refractivity contribution is -0.0717. The second-order valence-electron chi connectivity index (χ2n) is 5.26. The molecule has 0 amide bonds. The third-order valence-corrected chi connectivity index (χ3v) is 4.20. The van der Waals surface area contributed by atoms with Crippen LogP contribution >= 0.6 is 11.6 Å². The minimum Gasteiger partial charge on any atom is -0.377 e. The molecule has 1 aromatic rings. The molecule has 2 nitrogen and oxygen atoms in total. The molecule has 1 unspecified atom stereocenters. The molecule has 1 aliphatic rings. The molecule has 1 heterocycles. The van der Waals surface area contributed by atoms with Gasteiger partial charge in [0.25, 0.3) is 0 Å². The van der Waals surface area contributed by atoms with Gasteiger partial charge in [-0.1, -0.05) is 30.3 Å². The fourth-order valence-corrected chi connectivity index (χ4v) is 2.88. The molecule has 19 heavy (non-hydrogen) atoms. The zero-order valence-corrected chi connectivity index (χ0v) is 12.2. The second-order valence-corrected chi connectivity index (χ2v) is 5.53. The van der Waals surface area contributed by atoms with Crippen LogP contribution < -0.4 is 0 Å². The van der Waals surface area contributed by atoms with E-state index in [1.54, 1.807) is 0 Å². The lowest BCUT2D eigenvalue weighted by Crippen LogP contribution is -2.38. The van der Waals surface area contributed by atoms with Gasteiger partial charge in [-0.05, 0) is 37.7 Å². The van der Waals surface area contributed by atoms with Crippen molar-refractivity contribution in [1.82, 2.24) is 0 Å². The van der Waals surface area contributed by atoms with E-state index in [9.17, 15) is 0 Å². The average Bonchev–Trinajstić information content (AvgIpc) is 2.49. The fraction of sp³-hybridized carbons (Fsp3) is 0.625. The van der Waals surface area contributed by atoms with Crippen molar-refractivity contribution in [3.05, 3.63) is 35.9 Å². The summed E-state index contributed by atoms with van der Waals surface area (Å²) in [7, 11) is 0. The summed E-state index contributed by atoms with van der Waals surface area (Å²) in [6.45, 7) is 2.32. The topological polar surface area (TPSA) is 18.5 Å². The Kier molecular flexibility index (Phi) is 6.15. The summed E-state index contributed by atoms with van der Waals surface area (Å²) in [5, 5.41) is 0. The number of benzene rings is 1. The van der Waals surface area contributed by atoms with E-state index in [1.165, 1.54) is 18.4 Å². The number of halogens is 1. The molecule has 0 saturated carbocycles. The zero-order chi connectivity index (χ0) is 13.4. The first kappa shape index (κ1) is 14.8.